The second-order valence-corrected chi connectivity index (χ2v) is 2.69. The molecule has 70 valence electrons. The van der Waals surface area contributed by atoms with Crippen LogP contribution in [0, 0.1) is 0 Å². The average molecular weight is 182 g/mol. The summed E-state index contributed by atoms with van der Waals surface area (Å²) >= 11 is 0. The lowest BCUT2D eigenvalue weighted by Crippen LogP contribution is -2.33. The normalized spacial score (nSPS) is 12.4. The topological polar surface area (TPSA) is 49.3 Å². The molecule has 0 fully saturated rings. The third-order valence-electron chi connectivity index (χ3n) is 1.71. The first kappa shape index (κ1) is 9.67. The number of hydrogen-bond acceptors (Lipinski definition) is 2. The van der Waals surface area contributed by atoms with Crippen LogP contribution in [-0.2, 0) is 11.2 Å². The fourth-order valence-corrected chi connectivity index (χ4v) is 1.02. The maximum atomic E-state index is 12.0. The van der Waals surface area contributed by atoms with Crippen LogP contribution in [0.15, 0.2) is 30.3 Å². The molecule has 1 aromatic carbocycles. The summed E-state index contributed by atoms with van der Waals surface area (Å²) in [6.45, 7) is 0. The molecule has 13 heavy (non-hydrogen) atoms. The summed E-state index contributed by atoms with van der Waals surface area (Å²) in [5, 5.41) is 8.53. The molecule has 3 nitrogen and oxygen atoms in total. The van der Waals surface area contributed by atoms with Gasteiger partial charge in [0.05, 0.1) is 0 Å². The van der Waals surface area contributed by atoms with Gasteiger partial charge in [-0.1, -0.05) is 30.3 Å². The molecular weight excluding hydrogens is 172 g/mol. The lowest BCUT2D eigenvalue weighted by atomic mass is 10.1. The average Bonchev–Trinajstić information content (AvgIpc) is 2.15. The van der Waals surface area contributed by atoms with Crippen molar-refractivity contribution in [2.24, 2.45) is 0 Å². The zero-order valence-electron chi connectivity index (χ0n) is 6.90. The van der Waals surface area contributed by atoms with Crippen LogP contribution in [0.5, 0.6) is 0 Å². The fraction of sp³-hybridized carbons (Fsp3) is 0.222. The van der Waals surface area contributed by atoms with Gasteiger partial charge in [-0.2, -0.15) is 0 Å². The summed E-state index contributed by atoms with van der Waals surface area (Å²) in [5.74, 6) is -1.19. The monoisotopic (exact) mass is 182 g/mol. The van der Waals surface area contributed by atoms with Crippen LogP contribution in [0.25, 0.3) is 0 Å². The molecule has 0 amide bonds. The number of carboxylic acids is 1. The van der Waals surface area contributed by atoms with Crippen LogP contribution < -0.4 is 5.54 Å². The first-order valence-electron chi connectivity index (χ1n) is 3.87. The Bertz CT molecular complexity index is 276. The maximum Gasteiger partial charge on any atom is 0.323 e. The highest BCUT2D eigenvalue weighted by molar-refractivity contribution is 5.73. The van der Waals surface area contributed by atoms with Gasteiger partial charge in [-0.05, 0) is 5.56 Å². The predicted molar refractivity (Wildman–Crippen MR) is 45.8 cm³/mol. The Hall–Kier alpha value is -1.42. The summed E-state index contributed by atoms with van der Waals surface area (Å²) in [4.78, 5) is 10.4. The number of aliphatic carboxylic acids is 1. The Labute approximate surface area is 75.1 Å². The van der Waals surface area contributed by atoms with Crippen molar-refractivity contribution in [2.75, 3.05) is 0 Å². The van der Waals surface area contributed by atoms with Crippen molar-refractivity contribution in [2.45, 2.75) is 12.5 Å². The van der Waals surface area contributed by atoms with Crippen LogP contribution in [0.1, 0.15) is 5.56 Å². The number of carbonyl (C=O) groups is 1. The van der Waals surface area contributed by atoms with Gasteiger partial charge in [0, 0.05) is 6.42 Å². The highest BCUT2D eigenvalue weighted by atomic mass is 18.2. The largest absolute Gasteiger partial charge is 0.480 e. The Morgan fingerprint density at radius 2 is 2.08 bits per heavy atom. The maximum absolute atomic E-state index is 12.0. The molecule has 0 aliphatic rings. The molecule has 0 radical (unpaired) electrons. The Morgan fingerprint density at radius 1 is 1.46 bits per heavy atom. The van der Waals surface area contributed by atoms with Gasteiger partial charge in [0.25, 0.3) is 0 Å². The molecule has 0 spiro atoms. The molecule has 1 rings (SSSR count). The van der Waals surface area contributed by atoms with Crippen LogP contribution in [0.3, 0.4) is 0 Å². The molecule has 0 saturated carbocycles. The molecular formula is C9H10FNO2. The van der Waals surface area contributed by atoms with Crippen molar-refractivity contribution in [3.63, 3.8) is 0 Å². The predicted octanol–water partition coefficient (Wildman–Crippen LogP) is 1.16. The van der Waals surface area contributed by atoms with Crippen LogP contribution in [0.4, 0.5) is 4.48 Å². The smallest absolute Gasteiger partial charge is 0.323 e. The van der Waals surface area contributed by atoms with Crippen LogP contribution in [0.2, 0.25) is 0 Å². The molecule has 1 aromatic rings. The van der Waals surface area contributed by atoms with E-state index in [0.717, 1.165) is 5.56 Å². The Morgan fingerprint density at radius 3 is 2.54 bits per heavy atom. The van der Waals surface area contributed by atoms with Gasteiger partial charge >= 0.3 is 5.97 Å². The van der Waals surface area contributed by atoms with Crippen molar-refractivity contribution in [1.29, 1.82) is 0 Å². The minimum atomic E-state index is -1.19. The molecule has 0 bridgehead atoms. The van der Waals surface area contributed by atoms with Crippen molar-refractivity contribution < 1.29 is 14.4 Å². The second-order valence-electron chi connectivity index (χ2n) is 2.69. The SMILES string of the molecule is O=C(O)[C@H](Cc1ccccc1)N[18F]. The summed E-state index contributed by atoms with van der Waals surface area (Å²) in [5.41, 5.74) is 2.04. The molecule has 2 N–H and O–H groups in total. The third-order valence-corrected chi connectivity index (χ3v) is 1.71. The highest BCUT2D eigenvalue weighted by Gasteiger charge is 2.16. The van der Waals surface area contributed by atoms with Crippen molar-refractivity contribution in [1.82, 2.24) is 5.54 Å². The van der Waals surface area contributed by atoms with E-state index in [-0.39, 0.29) is 6.42 Å². The first-order valence-corrected chi connectivity index (χ1v) is 3.87. The number of carboxylic acid groups (broad SMARTS) is 1. The summed E-state index contributed by atoms with van der Waals surface area (Å²) in [6, 6.07) is 7.74. The van der Waals surface area contributed by atoms with E-state index < -0.39 is 12.0 Å². The molecule has 0 aliphatic carbocycles. The number of rotatable bonds is 4. The van der Waals surface area contributed by atoms with Crippen LogP contribution in [-0.4, -0.2) is 17.1 Å². The number of benzene rings is 1. The third kappa shape index (κ3) is 2.83. The van der Waals surface area contributed by atoms with E-state index in [1.807, 2.05) is 6.07 Å². The molecule has 4 heteroatoms. The lowest BCUT2D eigenvalue weighted by Gasteiger charge is -2.07. The number of nitrogens with one attached hydrogen (secondary N) is 1. The van der Waals surface area contributed by atoms with E-state index in [1.54, 1.807) is 24.3 Å². The van der Waals surface area contributed by atoms with Crippen molar-refractivity contribution in [3.8, 4) is 0 Å². The Balaban J connectivity index is 2.62. The van der Waals surface area contributed by atoms with Gasteiger partial charge in [-0.25, -0.2) is 0 Å². The quantitative estimate of drug-likeness (QED) is 0.687. The summed E-state index contributed by atoms with van der Waals surface area (Å²) < 4.78 is 12.0. The van der Waals surface area contributed by atoms with Gasteiger partial charge in [0.2, 0.25) is 0 Å². The number of hydrogen-bond donors (Lipinski definition) is 2. The molecule has 0 aliphatic heterocycles. The van der Waals surface area contributed by atoms with E-state index >= 15 is 0 Å². The zero-order chi connectivity index (χ0) is 9.68. The summed E-state index contributed by atoms with van der Waals surface area (Å²) in [7, 11) is 0. The van der Waals surface area contributed by atoms with E-state index in [4.69, 9.17) is 5.11 Å². The van der Waals surface area contributed by atoms with E-state index in [2.05, 4.69) is 0 Å². The molecule has 0 heterocycles. The highest BCUT2D eigenvalue weighted by Crippen LogP contribution is 2.03. The fourth-order valence-electron chi connectivity index (χ4n) is 1.02. The first-order chi connectivity index (χ1) is 6.24. The summed E-state index contributed by atoms with van der Waals surface area (Å²) in [6.07, 6.45) is 0.146. The zero-order valence-corrected chi connectivity index (χ0v) is 6.90. The number of halogens is 1. The van der Waals surface area contributed by atoms with Gasteiger partial charge in [-0.15, -0.1) is 10.0 Å². The van der Waals surface area contributed by atoms with Crippen molar-refractivity contribution >= 4 is 5.97 Å². The van der Waals surface area contributed by atoms with Crippen molar-refractivity contribution in [3.05, 3.63) is 35.9 Å². The molecule has 1 atom stereocenters. The van der Waals surface area contributed by atoms with Crippen LogP contribution >= 0.6 is 0 Å². The minimum absolute atomic E-state index is 0.146. The van der Waals surface area contributed by atoms with Gasteiger partial charge in [-0.3, -0.25) is 4.79 Å². The van der Waals surface area contributed by atoms with E-state index in [0.29, 0.717) is 0 Å². The lowest BCUT2D eigenvalue weighted by molar-refractivity contribution is -0.140. The van der Waals surface area contributed by atoms with E-state index in [9.17, 15) is 9.28 Å². The minimum Gasteiger partial charge on any atom is -0.480 e. The van der Waals surface area contributed by atoms with Gasteiger partial charge < -0.3 is 5.11 Å². The standard InChI is InChI=1S/C9H10FNO2/c10-11-8(9(12)13)6-7-4-2-1-3-5-7/h1-5,8,11H,6H2,(H,12,13)/t8-/m0/s1/i10-1. The molecule has 0 unspecified atom stereocenters. The van der Waals surface area contributed by atoms with Gasteiger partial charge in [0.15, 0.2) is 0 Å². The Kier molecular flexibility index (Phi) is 3.40. The van der Waals surface area contributed by atoms with Gasteiger partial charge in [0.1, 0.15) is 6.04 Å². The molecule has 0 saturated heterocycles. The molecule has 0 aromatic heterocycles. The second kappa shape index (κ2) is 4.57. The van der Waals surface area contributed by atoms with E-state index in [1.165, 1.54) is 5.54 Å².